The number of nitrogens with zero attached hydrogens (tertiary/aromatic N) is 5. The lowest BCUT2D eigenvalue weighted by atomic mass is 10.0. The normalized spacial score (nSPS) is 21.2. The molecule has 14 heteroatoms. The molecule has 4 rings (SSSR count). The minimum absolute atomic E-state index is 0.0132. The van der Waals surface area contributed by atoms with Crippen LogP contribution in [0, 0.1) is 13.8 Å². The summed E-state index contributed by atoms with van der Waals surface area (Å²) in [4.78, 5) is 38.8. The third-order valence-corrected chi connectivity index (χ3v) is 8.93. The smallest absolute Gasteiger partial charge is 0.352 e. The number of fused-ring (bicyclic) bond motifs is 1. The van der Waals surface area contributed by atoms with Crippen molar-refractivity contribution in [3.8, 4) is 0 Å². The lowest BCUT2D eigenvalue weighted by Gasteiger charge is -2.49. The molecular weight excluding hydrogens is 496 g/mol. The molecule has 0 radical (unpaired) electrons. The number of halogens is 1. The highest BCUT2D eigenvalue weighted by Gasteiger charge is 2.54. The molecule has 0 saturated carbocycles. The number of rotatable bonds is 7. The number of hydrogen-bond acceptors (Lipinski definition) is 9. The van der Waals surface area contributed by atoms with Crippen LogP contribution in [0.1, 0.15) is 23.7 Å². The van der Waals surface area contributed by atoms with Crippen molar-refractivity contribution in [2.24, 2.45) is 0 Å². The molecule has 2 aliphatic heterocycles. The predicted octanol–water partition coefficient (Wildman–Crippen LogP) is 2.10. The van der Waals surface area contributed by atoms with Crippen molar-refractivity contribution in [1.29, 1.82) is 0 Å². The van der Waals surface area contributed by atoms with E-state index >= 15 is 0 Å². The highest BCUT2D eigenvalue weighted by atomic mass is 35.5. The third-order valence-electron chi connectivity index (χ3n) is 5.16. The molecule has 0 aliphatic carbocycles. The summed E-state index contributed by atoms with van der Waals surface area (Å²) in [5, 5.41) is 25.4. The van der Waals surface area contributed by atoms with E-state index in [1.54, 1.807) is 13.8 Å². The van der Waals surface area contributed by atoms with Crippen LogP contribution in [0.15, 0.2) is 21.8 Å². The molecule has 170 valence electrons. The van der Waals surface area contributed by atoms with Crippen LogP contribution in [0.5, 0.6) is 0 Å². The van der Waals surface area contributed by atoms with E-state index in [1.165, 1.54) is 50.6 Å². The summed E-state index contributed by atoms with van der Waals surface area (Å²) in [6, 6.07) is -1.47. The number of amides is 2. The maximum atomic E-state index is 12.8. The summed E-state index contributed by atoms with van der Waals surface area (Å²) >= 11 is 10.3. The maximum absolute atomic E-state index is 12.8. The highest BCUT2D eigenvalue weighted by Crippen LogP contribution is 2.42. The molecule has 2 aliphatic rings. The van der Waals surface area contributed by atoms with Crippen LogP contribution in [0.25, 0.3) is 0 Å². The molecule has 4 heterocycles. The fourth-order valence-electron chi connectivity index (χ4n) is 3.46. The molecule has 1 saturated heterocycles. The van der Waals surface area contributed by atoms with Crippen LogP contribution in [-0.2, 0) is 14.4 Å². The Labute approximate surface area is 200 Å². The number of carbonyl (C=O) groups excluding carboxylic acids is 2. The number of aliphatic carboxylic acids is 1. The first-order valence-corrected chi connectivity index (χ1v) is 12.7. The van der Waals surface area contributed by atoms with Gasteiger partial charge in [0, 0.05) is 11.5 Å². The number of carboxylic acid groups (broad SMARTS) is 1. The second kappa shape index (κ2) is 9.04. The molecule has 2 aromatic rings. The van der Waals surface area contributed by atoms with Crippen LogP contribution in [0.3, 0.4) is 0 Å². The van der Waals surface area contributed by atoms with Crippen LogP contribution < -0.4 is 5.32 Å². The Morgan fingerprint density at radius 2 is 2.16 bits per heavy atom. The van der Waals surface area contributed by atoms with E-state index in [4.69, 9.17) is 11.6 Å². The standard InChI is InChI=1S/C18H19ClN6O4S3/c1-7-11(19)4-20-25(7)8(2)14(26)21-12-15(27)24-13(17(28)29)10(5-30-16(12)24)6-31-18-23-22-9(3)32-18/h4,8,12,16H,5-6H2,1-3H3,(H,21,26)(H,28,29)/t8-,12+,16+/m0/s1. The topological polar surface area (TPSA) is 130 Å². The molecule has 0 bridgehead atoms. The number of aromatic nitrogens is 4. The van der Waals surface area contributed by atoms with Crippen molar-refractivity contribution >= 4 is 64.2 Å². The lowest BCUT2D eigenvalue weighted by molar-refractivity contribution is -0.151. The van der Waals surface area contributed by atoms with E-state index in [9.17, 15) is 19.5 Å². The minimum Gasteiger partial charge on any atom is -0.477 e. The zero-order valence-corrected chi connectivity index (χ0v) is 20.4. The van der Waals surface area contributed by atoms with Crippen LogP contribution in [-0.4, -0.2) is 70.7 Å². The van der Waals surface area contributed by atoms with E-state index in [0.29, 0.717) is 27.8 Å². The SMILES string of the molecule is Cc1nnc(SCC2=C(C(=O)O)N3C(=O)[C@@H](NC(=O)[C@H](C)n4ncc(Cl)c4C)[C@H]3SC2)s1. The first-order chi connectivity index (χ1) is 15.2. The Morgan fingerprint density at radius 3 is 2.75 bits per heavy atom. The lowest BCUT2D eigenvalue weighted by Crippen LogP contribution is -2.71. The van der Waals surface area contributed by atoms with Gasteiger partial charge in [-0.1, -0.05) is 34.7 Å². The van der Waals surface area contributed by atoms with Crippen LogP contribution in [0.4, 0.5) is 0 Å². The number of hydrogen-bond donors (Lipinski definition) is 2. The number of aryl methyl sites for hydroxylation is 1. The predicted molar refractivity (Wildman–Crippen MR) is 122 cm³/mol. The summed E-state index contributed by atoms with van der Waals surface area (Å²) < 4.78 is 2.23. The van der Waals surface area contributed by atoms with E-state index in [0.717, 1.165) is 9.35 Å². The molecule has 32 heavy (non-hydrogen) atoms. The first kappa shape index (κ1) is 23.1. The van der Waals surface area contributed by atoms with Gasteiger partial charge in [-0.2, -0.15) is 5.10 Å². The molecule has 2 N–H and O–H groups in total. The van der Waals surface area contributed by atoms with Gasteiger partial charge in [0.25, 0.3) is 5.91 Å². The molecular formula is C18H19ClN6O4S3. The maximum Gasteiger partial charge on any atom is 0.352 e. The molecule has 1 fully saturated rings. The van der Waals surface area contributed by atoms with Gasteiger partial charge in [0.15, 0.2) is 4.34 Å². The van der Waals surface area contributed by atoms with Crippen molar-refractivity contribution in [3.05, 3.63) is 33.2 Å². The molecule has 2 aromatic heterocycles. The second-order valence-electron chi connectivity index (χ2n) is 7.23. The quantitative estimate of drug-likeness (QED) is 0.421. The molecule has 0 aromatic carbocycles. The Balaban J connectivity index is 1.46. The average molecular weight is 515 g/mol. The van der Waals surface area contributed by atoms with Crippen molar-refractivity contribution in [3.63, 3.8) is 0 Å². The number of nitrogens with one attached hydrogen (secondary N) is 1. The molecule has 3 atom stereocenters. The Hall–Kier alpha value is -2.09. The van der Waals surface area contributed by atoms with Gasteiger partial charge < -0.3 is 10.4 Å². The van der Waals surface area contributed by atoms with Crippen molar-refractivity contribution in [2.75, 3.05) is 11.5 Å². The fourth-order valence-corrected chi connectivity index (χ4v) is 6.89. The van der Waals surface area contributed by atoms with Gasteiger partial charge in [-0.05, 0) is 26.3 Å². The largest absolute Gasteiger partial charge is 0.477 e. The number of thioether (sulfide) groups is 2. The van der Waals surface area contributed by atoms with E-state index in [1.807, 2.05) is 6.92 Å². The molecule has 2 amide bonds. The van der Waals surface area contributed by atoms with E-state index in [2.05, 4.69) is 20.6 Å². The fraction of sp³-hybridized carbons (Fsp3) is 0.444. The number of carboxylic acids is 1. The molecule has 0 unspecified atom stereocenters. The van der Waals surface area contributed by atoms with Gasteiger partial charge in [-0.15, -0.1) is 22.0 Å². The average Bonchev–Trinajstić information content (AvgIpc) is 3.33. The van der Waals surface area contributed by atoms with Crippen LogP contribution >= 0.6 is 46.5 Å². The zero-order valence-electron chi connectivity index (χ0n) is 17.2. The summed E-state index contributed by atoms with van der Waals surface area (Å²) in [6.45, 7) is 5.26. The van der Waals surface area contributed by atoms with Gasteiger partial charge in [0.1, 0.15) is 28.2 Å². The highest BCUT2D eigenvalue weighted by molar-refractivity contribution is 8.01. The van der Waals surface area contributed by atoms with E-state index in [-0.39, 0.29) is 11.6 Å². The first-order valence-electron chi connectivity index (χ1n) is 9.52. The monoisotopic (exact) mass is 514 g/mol. The van der Waals surface area contributed by atoms with Crippen molar-refractivity contribution in [1.82, 2.24) is 30.2 Å². The van der Waals surface area contributed by atoms with Crippen LogP contribution in [0.2, 0.25) is 5.02 Å². The molecule has 10 nitrogen and oxygen atoms in total. The van der Waals surface area contributed by atoms with E-state index < -0.39 is 29.3 Å². The summed E-state index contributed by atoms with van der Waals surface area (Å²) in [7, 11) is 0. The van der Waals surface area contributed by atoms with Gasteiger partial charge in [0.05, 0.1) is 16.9 Å². The van der Waals surface area contributed by atoms with Crippen molar-refractivity contribution in [2.45, 2.75) is 42.6 Å². The Morgan fingerprint density at radius 1 is 1.41 bits per heavy atom. The molecule has 0 spiro atoms. The Bertz CT molecular complexity index is 1130. The van der Waals surface area contributed by atoms with Gasteiger partial charge in [0.2, 0.25) is 5.91 Å². The second-order valence-corrected chi connectivity index (χ2v) is 11.1. The zero-order chi connectivity index (χ0) is 23.2. The Kier molecular flexibility index (Phi) is 6.52. The summed E-state index contributed by atoms with van der Waals surface area (Å²) in [5.74, 6) is -1.15. The minimum atomic E-state index is -1.16. The number of carbonyl (C=O) groups is 3. The number of β-lactam (4-membered cyclic amide) rings is 1. The van der Waals surface area contributed by atoms with Gasteiger partial charge in [-0.3, -0.25) is 19.2 Å². The van der Waals surface area contributed by atoms with Gasteiger partial charge in [-0.25, -0.2) is 4.79 Å². The summed E-state index contributed by atoms with van der Waals surface area (Å²) in [6.07, 6.45) is 1.46. The van der Waals surface area contributed by atoms with Crippen molar-refractivity contribution < 1.29 is 19.5 Å². The van der Waals surface area contributed by atoms with Gasteiger partial charge >= 0.3 is 5.97 Å². The summed E-state index contributed by atoms with van der Waals surface area (Å²) in [5.41, 5.74) is 1.28. The third kappa shape index (κ3) is 4.14.